The van der Waals surface area contributed by atoms with E-state index in [1.165, 1.54) is 16.7 Å². The lowest BCUT2D eigenvalue weighted by Gasteiger charge is -2.34. The third kappa shape index (κ3) is 3.68. The molecule has 156 valence electrons. The zero-order chi connectivity index (χ0) is 21.1. The third-order valence-electron chi connectivity index (χ3n) is 6.50. The minimum atomic E-state index is -0.661. The van der Waals surface area contributed by atoms with Crippen LogP contribution in [0.3, 0.4) is 0 Å². The zero-order valence-corrected chi connectivity index (χ0v) is 18.0. The summed E-state index contributed by atoms with van der Waals surface area (Å²) in [6.07, 6.45) is 5.69. The Bertz CT molecular complexity index is 1020. The van der Waals surface area contributed by atoms with Crippen molar-refractivity contribution in [3.05, 3.63) is 88.7 Å². The first-order valence-corrected chi connectivity index (χ1v) is 10.6. The van der Waals surface area contributed by atoms with Gasteiger partial charge >= 0.3 is 0 Å². The maximum atomic E-state index is 7.07. The number of hydrogen-bond acceptors (Lipinski definition) is 4. The second kappa shape index (κ2) is 8.49. The highest BCUT2D eigenvalue weighted by molar-refractivity contribution is 5.48. The summed E-state index contributed by atoms with van der Waals surface area (Å²) in [5.74, 6) is 2.17. The van der Waals surface area contributed by atoms with Gasteiger partial charge < -0.3 is 15.2 Å². The van der Waals surface area contributed by atoms with E-state index in [1.54, 1.807) is 14.2 Å². The number of hydrogen-bond donors (Lipinski definition) is 1. The summed E-state index contributed by atoms with van der Waals surface area (Å²) in [7, 11) is 3.42. The molecule has 1 aliphatic rings. The Morgan fingerprint density at radius 3 is 2.47 bits per heavy atom. The fourth-order valence-electron chi connectivity index (χ4n) is 4.66. The molecule has 0 saturated heterocycles. The van der Waals surface area contributed by atoms with Gasteiger partial charge in [0, 0.05) is 6.20 Å². The molecule has 0 fully saturated rings. The van der Waals surface area contributed by atoms with Crippen LogP contribution in [0.15, 0.2) is 60.8 Å². The van der Waals surface area contributed by atoms with E-state index in [9.17, 15) is 0 Å². The number of fused-ring (bicyclic) bond motifs is 1. The quantitative estimate of drug-likeness (QED) is 0.631. The highest BCUT2D eigenvalue weighted by Gasteiger charge is 2.34. The minimum Gasteiger partial charge on any atom is -0.497 e. The van der Waals surface area contributed by atoms with Gasteiger partial charge in [0.25, 0.3) is 0 Å². The van der Waals surface area contributed by atoms with Crippen LogP contribution in [0.25, 0.3) is 0 Å². The lowest BCUT2D eigenvalue weighted by molar-refractivity contribution is 0.409. The average Bonchev–Trinajstić information content (AvgIpc) is 2.83. The van der Waals surface area contributed by atoms with Gasteiger partial charge in [-0.25, -0.2) is 0 Å². The molecule has 0 amide bonds. The molecule has 30 heavy (non-hydrogen) atoms. The van der Waals surface area contributed by atoms with E-state index >= 15 is 0 Å². The largest absolute Gasteiger partial charge is 0.497 e. The van der Waals surface area contributed by atoms with Crippen LogP contribution in [-0.4, -0.2) is 19.2 Å². The fraction of sp³-hybridized carbons (Fsp3) is 0.346. The Labute approximate surface area is 179 Å². The van der Waals surface area contributed by atoms with Crippen molar-refractivity contribution in [3.8, 4) is 11.5 Å². The van der Waals surface area contributed by atoms with Gasteiger partial charge in [0.05, 0.1) is 25.5 Å². The molecule has 2 aromatic carbocycles. The van der Waals surface area contributed by atoms with E-state index in [2.05, 4.69) is 48.3 Å². The van der Waals surface area contributed by atoms with Crippen molar-refractivity contribution in [2.75, 3.05) is 14.2 Å². The van der Waals surface area contributed by atoms with Crippen molar-refractivity contribution in [2.24, 2.45) is 5.73 Å². The van der Waals surface area contributed by atoms with Crippen molar-refractivity contribution < 1.29 is 9.47 Å². The summed E-state index contributed by atoms with van der Waals surface area (Å²) >= 11 is 0. The van der Waals surface area contributed by atoms with Crippen LogP contribution in [0.2, 0.25) is 0 Å². The minimum absolute atomic E-state index is 0.407. The second-order valence-corrected chi connectivity index (χ2v) is 8.07. The summed E-state index contributed by atoms with van der Waals surface area (Å²) in [5.41, 5.74) is 12.5. The first kappa shape index (κ1) is 20.4. The lowest BCUT2D eigenvalue weighted by Crippen LogP contribution is -2.39. The Morgan fingerprint density at radius 2 is 1.77 bits per heavy atom. The molecule has 0 saturated carbocycles. The van der Waals surface area contributed by atoms with E-state index in [0.29, 0.717) is 5.92 Å². The molecule has 4 heteroatoms. The Hall–Kier alpha value is -2.85. The molecule has 4 nitrogen and oxygen atoms in total. The second-order valence-electron chi connectivity index (χ2n) is 8.07. The van der Waals surface area contributed by atoms with E-state index in [0.717, 1.165) is 48.4 Å². The molecular formula is C26H30N2O2. The Kier molecular flexibility index (Phi) is 5.78. The van der Waals surface area contributed by atoms with Gasteiger partial charge in [0.1, 0.15) is 11.5 Å². The maximum absolute atomic E-state index is 7.07. The number of ether oxygens (including phenoxy) is 2. The number of methoxy groups -OCH3 is 2. The van der Waals surface area contributed by atoms with Gasteiger partial charge in [-0.1, -0.05) is 25.1 Å². The zero-order valence-electron chi connectivity index (χ0n) is 18.0. The molecule has 3 aromatic rings. The molecule has 2 atom stereocenters. The summed E-state index contributed by atoms with van der Waals surface area (Å²) < 4.78 is 11.0. The molecule has 1 aliphatic carbocycles. The number of aryl methyl sites for hydroxylation is 1. The normalized spacial score (nSPS) is 17.7. The van der Waals surface area contributed by atoms with E-state index < -0.39 is 5.54 Å². The number of benzene rings is 2. The highest BCUT2D eigenvalue weighted by atomic mass is 16.5. The summed E-state index contributed by atoms with van der Waals surface area (Å²) in [5, 5.41) is 0. The van der Waals surface area contributed by atoms with Gasteiger partial charge in [0.2, 0.25) is 0 Å². The first-order valence-electron chi connectivity index (χ1n) is 10.6. The molecule has 1 aromatic heterocycles. The average molecular weight is 403 g/mol. The lowest BCUT2D eigenvalue weighted by atomic mass is 9.73. The standard InChI is InChI=1S/C26H30N2O2/c1-4-26(27,25-7-5-6-14-28-25)24-17-22(30-3)12-13-23(24)20-9-8-19-16-21(29-2)11-10-18(19)15-20/h5-7,10-14,16-17,20H,4,8-9,15,27H2,1-3H3. The van der Waals surface area contributed by atoms with Gasteiger partial charge in [-0.2, -0.15) is 0 Å². The predicted molar refractivity (Wildman–Crippen MR) is 120 cm³/mol. The molecule has 0 spiro atoms. The number of aromatic nitrogens is 1. The van der Waals surface area contributed by atoms with Crippen molar-refractivity contribution in [1.29, 1.82) is 0 Å². The van der Waals surface area contributed by atoms with Crippen LogP contribution in [0.5, 0.6) is 11.5 Å². The van der Waals surface area contributed by atoms with Crippen LogP contribution in [0, 0.1) is 0 Å². The molecule has 2 N–H and O–H groups in total. The van der Waals surface area contributed by atoms with Gasteiger partial charge in [-0.3, -0.25) is 4.98 Å². The number of nitrogens with two attached hydrogens (primary N) is 1. The SMILES string of the molecule is CCC(N)(c1ccccn1)c1cc(OC)ccc1C1CCc2cc(OC)ccc2C1. The molecule has 0 radical (unpaired) electrons. The number of pyridine rings is 1. The molecule has 0 aliphatic heterocycles. The van der Waals surface area contributed by atoms with E-state index in [1.807, 2.05) is 24.4 Å². The van der Waals surface area contributed by atoms with Gasteiger partial charge in [-0.05, 0) is 90.3 Å². The van der Waals surface area contributed by atoms with Gasteiger partial charge in [0.15, 0.2) is 0 Å². The summed E-state index contributed by atoms with van der Waals surface area (Å²) in [6, 6.07) is 18.8. The van der Waals surface area contributed by atoms with E-state index in [4.69, 9.17) is 15.2 Å². The topological polar surface area (TPSA) is 57.4 Å². The van der Waals surface area contributed by atoms with Crippen LogP contribution in [-0.2, 0) is 18.4 Å². The highest BCUT2D eigenvalue weighted by Crippen LogP contribution is 2.41. The molecule has 0 bridgehead atoms. The van der Waals surface area contributed by atoms with Crippen molar-refractivity contribution in [2.45, 2.75) is 44.1 Å². The summed E-state index contributed by atoms with van der Waals surface area (Å²) in [4.78, 5) is 4.62. The molecular weight excluding hydrogens is 372 g/mol. The monoisotopic (exact) mass is 402 g/mol. The van der Waals surface area contributed by atoms with Crippen LogP contribution in [0.4, 0.5) is 0 Å². The van der Waals surface area contributed by atoms with Gasteiger partial charge in [-0.15, -0.1) is 0 Å². The van der Waals surface area contributed by atoms with Crippen molar-refractivity contribution >= 4 is 0 Å². The van der Waals surface area contributed by atoms with Crippen molar-refractivity contribution in [3.63, 3.8) is 0 Å². The Morgan fingerprint density at radius 1 is 1.00 bits per heavy atom. The fourth-order valence-corrected chi connectivity index (χ4v) is 4.66. The number of rotatable bonds is 6. The van der Waals surface area contributed by atoms with Crippen LogP contribution in [0.1, 0.15) is 53.6 Å². The van der Waals surface area contributed by atoms with Crippen molar-refractivity contribution in [1.82, 2.24) is 4.98 Å². The molecule has 4 rings (SSSR count). The molecule has 1 heterocycles. The molecule has 2 unspecified atom stereocenters. The predicted octanol–water partition coefficient (Wildman–Crippen LogP) is 4.98. The van der Waals surface area contributed by atoms with Crippen LogP contribution >= 0.6 is 0 Å². The van der Waals surface area contributed by atoms with E-state index in [-0.39, 0.29) is 0 Å². The van der Waals surface area contributed by atoms with Crippen LogP contribution < -0.4 is 15.2 Å². The first-order chi connectivity index (χ1) is 14.6. The third-order valence-corrected chi connectivity index (χ3v) is 6.50. The Balaban J connectivity index is 1.77. The smallest absolute Gasteiger partial charge is 0.119 e. The number of nitrogens with zero attached hydrogens (tertiary/aromatic N) is 1. The summed E-state index contributed by atoms with van der Waals surface area (Å²) in [6.45, 7) is 2.13. The maximum Gasteiger partial charge on any atom is 0.119 e.